The minimum Gasteiger partial charge on any atom is -0.404 e. The van der Waals surface area contributed by atoms with Gasteiger partial charge >= 0.3 is 0 Å². The second-order valence-corrected chi connectivity index (χ2v) is 8.12. The Morgan fingerprint density at radius 2 is 2.07 bits per heavy atom. The topological polar surface area (TPSA) is 95.0 Å². The Morgan fingerprint density at radius 3 is 2.70 bits per heavy atom. The fourth-order valence-electron chi connectivity index (χ4n) is 4.49. The quantitative estimate of drug-likeness (QED) is 0.639. The van der Waals surface area contributed by atoms with Gasteiger partial charge in [0, 0.05) is 52.6 Å². The molecule has 5 heteroatoms. The summed E-state index contributed by atoms with van der Waals surface area (Å²) in [6, 6.07) is 11.7. The second kappa shape index (κ2) is 7.00. The fraction of sp³-hybridized carbons (Fsp3) is 0.240. The van der Waals surface area contributed by atoms with Crippen LogP contribution in [-0.2, 0) is 11.8 Å². The van der Waals surface area contributed by atoms with Gasteiger partial charge in [0.25, 0.3) is 0 Å². The smallest absolute Gasteiger partial charge is 0.195 e. The summed E-state index contributed by atoms with van der Waals surface area (Å²) in [5, 5.41) is 10.1. The van der Waals surface area contributed by atoms with Crippen molar-refractivity contribution >= 4 is 28.5 Å². The Morgan fingerprint density at radius 1 is 1.30 bits per heavy atom. The molecule has 1 heterocycles. The van der Waals surface area contributed by atoms with Crippen LogP contribution in [0.3, 0.4) is 0 Å². The normalized spacial score (nSPS) is 15.3. The van der Waals surface area contributed by atoms with E-state index in [1.54, 1.807) is 31.6 Å². The van der Waals surface area contributed by atoms with Crippen LogP contribution in [-0.4, -0.2) is 24.0 Å². The molecule has 0 bridgehead atoms. The third kappa shape index (κ3) is 2.68. The summed E-state index contributed by atoms with van der Waals surface area (Å²) in [7, 11) is 1.72. The molecule has 0 amide bonds. The van der Waals surface area contributed by atoms with Crippen molar-refractivity contribution in [1.82, 2.24) is 4.98 Å². The highest BCUT2D eigenvalue weighted by Gasteiger charge is 2.40. The molecule has 0 aliphatic heterocycles. The lowest BCUT2D eigenvalue weighted by atomic mass is 9.70. The SMILES string of the molecule is CCc1cc2c(cc1C(C=NC)=CN)C(C)(C)c1[nH]c3cc(C#N)ccc3c1C2=O. The molecule has 0 atom stereocenters. The molecule has 3 N–H and O–H groups in total. The Hall–Kier alpha value is -3.65. The number of fused-ring (bicyclic) bond motifs is 4. The molecule has 3 aromatic rings. The number of aromatic nitrogens is 1. The Kier molecular flexibility index (Phi) is 4.58. The van der Waals surface area contributed by atoms with Crippen molar-refractivity contribution in [3.05, 3.63) is 75.6 Å². The predicted octanol–water partition coefficient (Wildman–Crippen LogP) is 4.47. The minimum absolute atomic E-state index is 0.0129. The van der Waals surface area contributed by atoms with Crippen molar-refractivity contribution in [2.24, 2.45) is 10.7 Å². The Bertz CT molecular complexity index is 1300. The zero-order chi connectivity index (χ0) is 21.6. The van der Waals surface area contributed by atoms with Crippen molar-refractivity contribution in [3.63, 3.8) is 0 Å². The first-order valence-electron chi connectivity index (χ1n) is 10.00. The maximum atomic E-state index is 13.6. The number of nitrogens with one attached hydrogen (secondary N) is 1. The number of ketones is 1. The Labute approximate surface area is 175 Å². The number of nitrogens with two attached hydrogens (primary N) is 1. The number of H-pyrrole nitrogens is 1. The highest BCUT2D eigenvalue weighted by molar-refractivity contribution is 6.20. The molecule has 1 aliphatic rings. The summed E-state index contributed by atoms with van der Waals surface area (Å²) in [6.45, 7) is 6.31. The van der Waals surface area contributed by atoms with Crippen LogP contribution in [0.2, 0.25) is 0 Å². The molecule has 2 aromatic carbocycles. The van der Waals surface area contributed by atoms with Crippen LogP contribution in [0.15, 0.2) is 41.5 Å². The number of aryl methyl sites for hydroxylation is 1. The highest BCUT2D eigenvalue weighted by atomic mass is 16.1. The molecular formula is C25H24N4O. The van der Waals surface area contributed by atoms with E-state index in [1.807, 2.05) is 12.1 Å². The number of aromatic amines is 1. The first kappa shape index (κ1) is 19.7. The van der Waals surface area contributed by atoms with Crippen molar-refractivity contribution in [2.45, 2.75) is 32.6 Å². The number of aliphatic imine (C=N–C) groups is 1. The summed E-state index contributed by atoms with van der Waals surface area (Å²) < 4.78 is 0. The zero-order valence-electron chi connectivity index (χ0n) is 17.6. The minimum atomic E-state index is -0.422. The number of hydrogen-bond acceptors (Lipinski definition) is 4. The standard InChI is InChI=1S/C25H24N4O/c1-5-15-9-19-20(10-18(15)16(12-27)13-28-4)25(2,3)24-22(23(19)30)17-7-6-14(11-26)8-21(17)29-24/h6-10,12-13,29H,5,27H2,1-4H3. The maximum Gasteiger partial charge on any atom is 0.195 e. The number of carbonyl (C=O) groups excluding carboxylic acids is 1. The van der Waals surface area contributed by atoms with E-state index >= 15 is 0 Å². The molecule has 5 nitrogen and oxygen atoms in total. The van der Waals surface area contributed by atoms with Gasteiger partial charge in [-0.25, -0.2) is 0 Å². The fourth-order valence-corrected chi connectivity index (χ4v) is 4.49. The molecule has 4 rings (SSSR count). The van der Waals surface area contributed by atoms with Gasteiger partial charge in [-0.2, -0.15) is 5.26 Å². The van der Waals surface area contributed by atoms with Crippen LogP contribution in [0.1, 0.15) is 64.6 Å². The first-order chi connectivity index (χ1) is 14.4. The van der Waals surface area contributed by atoms with Gasteiger partial charge in [0.05, 0.1) is 17.2 Å². The van der Waals surface area contributed by atoms with Gasteiger partial charge in [0.15, 0.2) is 5.78 Å². The lowest BCUT2D eigenvalue weighted by Crippen LogP contribution is -2.31. The van der Waals surface area contributed by atoms with Crippen LogP contribution in [0.25, 0.3) is 16.5 Å². The molecule has 0 radical (unpaired) electrons. The number of rotatable bonds is 3. The van der Waals surface area contributed by atoms with Gasteiger partial charge < -0.3 is 10.7 Å². The van der Waals surface area contributed by atoms with Crippen LogP contribution in [0.5, 0.6) is 0 Å². The summed E-state index contributed by atoms with van der Waals surface area (Å²) >= 11 is 0. The van der Waals surface area contributed by atoms with Gasteiger partial charge in [-0.1, -0.05) is 26.8 Å². The molecule has 1 aromatic heterocycles. The van der Waals surface area contributed by atoms with Gasteiger partial charge in [0.1, 0.15) is 0 Å². The number of allylic oxidation sites excluding steroid dienone is 1. The summed E-state index contributed by atoms with van der Waals surface area (Å²) in [5.74, 6) is 0.0129. The molecule has 0 spiro atoms. The largest absolute Gasteiger partial charge is 0.404 e. The van der Waals surface area contributed by atoms with E-state index < -0.39 is 5.41 Å². The van der Waals surface area contributed by atoms with Crippen LogP contribution < -0.4 is 5.73 Å². The van der Waals surface area contributed by atoms with E-state index in [0.717, 1.165) is 50.8 Å². The van der Waals surface area contributed by atoms with Crippen molar-refractivity contribution in [1.29, 1.82) is 5.26 Å². The molecular weight excluding hydrogens is 372 g/mol. The average Bonchev–Trinajstić information content (AvgIpc) is 3.15. The highest BCUT2D eigenvalue weighted by Crippen LogP contribution is 2.45. The molecule has 0 saturated heterocycles. The second-order valence-electron chi connectivity index (χ2n) is 8.12. The predicted molar refractivity (Wildman–Crippen MR) is 121 cm³/mol. The summed E-state index contributed by atoms with van der Waals surface area (Å²) in [5.41, 5.74) is 13.0. The molecule has 1 aliphatic carbocycles. The number of carbonyl (C=O) groups is 1. The van der Waals surface area contributed by atoms with E-state index in [-0.39, 0.29) is 5.78 Å². The zero-order valence-corrected chi connectivity index (χ0v) is 17.6. The number of benzene rings is 2. The van der Waals surface area contributed by atoms with Crippen molar-refractivity contribution in [2.75, 3.05) is 7.05 Å². The third-order valence-corrected chi connectivity index (χ3v) is 6.08. The van der Waals surface area contributed by atoms with Gasteiger partial charge in [-0.15, -0.1) is 0 Å². The van der Waals surface area contributed by atoms with Gasteiger partial charge in [-0.3, -0.25) is 9.79 Å². The number of nitrogens with zero attached hydrogens (tertiary/aromatic N) is 2. The Balaban J connectivity index is 2.03. The number of hydrogen-bond donors (Lipinski definition) is 2. The molecule has 0 saturated carbocycles. The maximum absolute atomic E-state index is 13.6. The van der Waals surface area contributed by atoms with E-state index in [4.69, 9.17) is 5.73 Å². The third-order valence-electron chi connectivity index (χ3n) is 6.08. The van der Waals surface area contributed by atoms with E-state index in [1.165, 1.54) is 0 Å². The van der Waals surface area contributed by atoms with Crippen molar-refractivity contribution < 1.29 is 4.79 Å². The average molecular weight is 396 g/mol. The van der Waals surface area contributed by atoms with E-state index in [2.05, 4.69) is 42.9 Å². The van der Waals surface area contributed by atoms with Crippen LogP contribution >= 0.6 is 0 Å². The lowest BCUT2D eigenvalue weighted by Gasteiger charge is -2.33. The van der Waals surface area contributed by atoms with Crippen LogP contribution in [0, 0.1) is 11.3 Å². The van der Waals surface area contributed by atoms with E-state index in [9.17, 15) is 10.1 Å². The summed E-state index contributed by atoms with van der Waals surface area (Å²) in [4.78, 5) is 21.2. The molecule has 0 unspecified atom stereocenters. The molecule has 30 heavy (non-hydrogen) atoms. The number of nitriles is 1. The molecule has 0 fully saturated rings. The molecule has 150 valence electrons. The van der Waals surface area contributed by atoms with Gasteiger partial charge in [0.2, 0.25) is 0 Å². The first-order valence-corrected chi connectivity index (χ1v) is 10.00. The van der Waals surface area contributed by atoms with Gasteiger partial charge in [-0.05, 0) is 47.4 Å². The van der Waals surface area contributed by atoms with E-state index in [0.29, 0.717) is 11.1 Å². The lowest BCUT2D eigenvalue weighted by molar-refractivity contribution is 0.103. The summed E-state index contributed by atoms with van der Waals surface area (Å²) in [6.07, 6.45) is 4.08. The monoisotopic (exact) mass is 396 g/mol. The van der Waals surface area contributed by atoms with Crippen LogP contribution in [0.4, 0.5) is 0 Å². The van der Waals surface area contributed by atoms with Crippen molar-refractivity contribution in [3.8, 4) is 6.07 Å².